The van der Waals surface area contributed by atoms with E-state index in [4.69, 9.17) is 42.0 Å². The molecule has 218 valence electrons. The minimum Gasteiger partial charge on any atom is -0.508 e. The summed E-state index contributed by atoms with van der Waals surface area (Å²) in [6, 6.07) is 19.5. The van der Waals surface area contributed by atoms with Gasteiger partial charge in [-0.05, 0) is 42.8 Å². The molecule has 9 nitrogen and oxygen atoms in total. The standard InChI is InChI=1S/C12H22O3.3C6H7NO.Ti/c1-4-7-14-10-12(6-3,9-13)11-15-8-5-2;3*7-5-2-1-3-6(8)4-5;/h4-5,13H,1-2,6-11H2,3H3;3*1-4,8H,7H2;. The Bertz CT molecular complexity index is 909. The Labute approximate surface area is 252 Å². The second kappa shape index (κ2) is 23.4. The maximum Gasteiger partial charge on any atom is 0.117 e. The van der Waals surface area contributed by atoms with Gasteiger partial charge in [0.1, 0.15) is 17.2 Å². The van der Waals surface area contributed by atoms with E-state index < -0.39 is 0 Å². The van der Waals surface area contributed by atoms with Crippen molar-refractivity contribution in [2.24, 2.45) is 5.41 Å². The number of rotatable bonds is 10. The van der Waals surface area contributed by atoms with Crippen LogP contribution in [0.3, 0.4) is 0 Å². The Morgan fingerprint density at radius 1 is 0.700 bits per heavy atom. The summed E-state index contributed by atoms with van der Waals surface area (Å²) in [5, 5.41) is 35.6. The molecule has 0 aliphatic carbocycles. The zero-order chi connectivity index (χ0) is 29.5. The third-order valence-electron chi connectivity index (χ3n) is 4.98. The zero-order valence-corrected chi connectivity index (χ0v) is 24.6. The molecule has 10 heteroatoms. The van der Waals surface area contributed by atoms with Crippen molar-refractivity contribution in [1.29, 1.82) is 0 Å². The van der Waals surface area contributed by atoms with Crippen LogP contribution in [0.25, 0.3) is 0 Å². The summed E-state index contributed by atoms with van der Waals surface area (Å²) < 4.78 is 10.8. The maximum atomic E-state index is 9.36. The Balaban J connectivity index is 0. The van der Waals surface area contributed by atoms with E-state index in [1.807, 2.05) is 6.92 Å². The largest absolute Gasteiger partial charge is 0.508 e. The number of anilines is 3. The number of benzene rings is 3. The summed E-state index contributed by atoms with van der Waals surface area (Å²) in [6.45, 7) is 11.2. The number of nitrogens with two attached hydrogens (primary N) is 3. The maximum absolute atomic E-state index is 9.36. The quantitative estimate of drug-likeness (QED) is 0.0764. The van der Waals surface area contributed by atoms with Crippen LogP contribution in [0.5, 0.6) is 17.2 Å². The smallest absolute Gasteiger partial charge is 0.117 e. The van der Waals surface area contributed by atoms with Crippen molar-refractivity contribution in [1.82, 2.24) is 0 Å². The second-order valence-corrected chi connectivity index (χ2v) is 8.40. The van der Waals surface area contributed by atoms with Crippen molar-refractivity contribution in [2.75, 3.05) is 50.2 Å². The van der Waals surface area contributed by atoms with E-state index >= 15 is 0 Å². The van der Waals surface area contributed by atoms with Gasteiger partial charge in [0.05, 0.1) is 33.0 Å². The molecule has 0 bridgehead atoms. The van der Waals surface area contributed by atoms with Crippen LogP contribution in [0, 0.1) is 5.41 Å². The van der Waals surface area contributed by atoms with E-state index in [9.17, 15) is 5.11 Å². The van der Waals surface area contributed by atoms with E-state index in [2.05, 4.69) is 13.2 Å². The first-order valence-electron chi connectivity index (χ1n) is 12.2. The Morgan fingerprint density at radius 2 is 1.02 bits per heavy atom. The third kappa shape index (κ3) is 19.6. The number of hydrogen-bond acceptors (Lipinski definition) is 9. The average molecular weight is 590 g/mol. The molecule has 0 unspecified atom stereocenters. The van der Waals surface area contributed by atoms with Crippen LogP contribution in [0.1, 0.15) is 13.3 Å². The average Bonchev–Trinajstić information content (AvgIpc) is 2.89. The molecule has 0 atom stereocenters. The van der Waals surface area contributed by atoms with Gasteiger partial charge in [0, 0.05) is 62.4 Å². The van der Waals surface area contributed by atoms with Crippen molar-refractivity contribution < 1.29 is 51.6 Å². The Hall–Kier alpha value is -3.47. The predicted octanol–water partition coefficient (Wildman–Crippen LogP) is 4.70. The van der Waals surface area contributed by atoms with Gasteiger partial charge in [-0.1, -0.05) is 37.3 Å². The molecule has 3 aromatic carbocycles. The van der Waals surface area contributed by atoms with E-state index in [0.29, 0.717) is 43.5 Å². The fourth-order valence-electron chi connectivity index (χ4n) is 2.74. The van der Waals surface area contributed by atoms with Gasteiger partial charge in [-0.2, -0.15) is 0 Å². The van der Waals surface area contributed by atoms with Gasteiger partial charge in [0.25, 0.3) is 0 Å². The van der Waals surface area contributed by atoms with Crippen molar-refractivity contribution >= 4 is 17.1 Å². The predicted molar refractivity (Wildman–Crippen MR) is 159 cm³/mol. The molecule has 10 N–H and O–H groups in total. The Kier molecular flexibility index (Phi) is 22.7. The van der Waals surface area contributed by atoms with Crippen molar-refractivity contribution in [3.05, 3.63) is 98.1 Å². The minimum atomic E-state index is -0.300. The summed E-state index contributed by atoms with van der Waals surface area (Å²) >= 11 is 0. The van der Waals surface area contributed by atoms with Gasteiger partial charge in [-0.3, -0.25) is 0 Å². The molecule has 0 aromatic heterocycles. The molecule has 0 saturated carbocycles. The summed E-state index contributed by atoms with van der Waals surface area (Å²) in [7, 11) is 0. The first-order chi connectivity index (χ1) is 18.6. The molecule has 0 heterocycles. The van der Waals surface area contributed by atoms with Crippen LogP contribution in [-0.4, -0.2) is 53.5 Å². The molecular formula is C30H43N3O6Ti. The van der Waals surface area contributed by atoms with Crippen molar-refractivity contribution in [2.45, 2.75) is 13.3 Å². The number of nitrogen functional groups attached to an aromatic ring is 3. The normalized spacial score (nSPS) is 9.65. The van der Waals surface area contributed by atoms with Gasteiger partial charge in [-0.15, -0.1) is 13.2 Å². The molecule has 40 heavy (non-hydrogen) atoms. The van der Waals surface area contributed by atoms with Gasteiger partial charge < -0.3 is 47.1 Å². The SMILES string of the molecule is C=CCOCC(CC)(CO)COCC=C.Nc1cccc(O)c1.Nc1cccc(O)c1.Nc1cccc(O)c1.[Ti]. The van der Waals surface area contributed by atoms with E-state index in [1.165, 1.54) is 18.2 Å². The molecule has 3 aromatic rings. The molecule has 0 aliphatic heterocycles. The molecule has 3 rings (SSSR count). The second-order valence-electron chi connectivity index (χ2n) is 8.40. The van der Waals surface area contributed by atoms with Crippen LogP contribution in [0.15, 0.2) is 98.1 Å². The minimum absolute atomic E-state index is 0. The van der Waals surface area contributed by atoms with Gasteiger partial charge in [0.15, 0.2) is 0 Å². The van der Waals surface area contributed by atoms with Crippen molar-refractivity contribution in [3.63, 3.8) is 0 Å². The first-order valence-corrected chi connectivity index (χ1v) is 12.2. The number of phenols is 3. The van der Waals surface area contributed by atoms with Crippen LogP contribution in [-0.2, 0) is 31.2 Å². The summed E-state index contributed by atoms with van der Waals surface area (Å²) in [6.07, 6.45) is 4.21. The number of hydrogen-bond donors (Lipinski definition) is 7. The fraction of sp³-hybridized carbons (Fsp3) is 0.267. The molecule has 0 amide bonds. The molecular weight excluding hydrogens is 546 g/mol. The van der Waals surface area contributed by atoms with Crippen LogP contribution in [0.2, 0.25) is 0 Å². The van der Waals surface area contributed by atoms with Crippen LogP contribution >= 0.6 is 0 Å². The third-order valence-corrected chi connectivity index (χ3v) is 4.98. The number of aliphatic hydroxyl groups is 1. The van der Waals surface area contributed by atoms with Gasteiger partial charge in [-0.25, -0.2) is 0 Å². The van der Waals surface area contributed by atoms with Gasteiger partial charge in [0.2, 0.25) is 0 Å². The summed E-state index contributed by atoms with van der Waals surface area (Å²) in [4.78, 5) is 0. The van der Waals surface area contributed by atoms with Crippen LogP contribution < -0.4 is 17.2 Å². The molecule has 0 fully saturated rings. The first kappa shape index (κ1) is 38.7. The van der Waals surface area contributed by atoms with E-state index in [1.54, 1.807) is 66.7 Å². The van der Waals surface area contributed by atoms with Crippen molar-refractivity contribution in [3.8, 4) is 17.2 Å². The number of aromatic hydroxyl groups is 3. The Morgan fingerprint density at radius 3 is 1.20 bits per heavy atom. The topological polar surface area (TPSA) is 177 Å². The number of phenolic OH excluding ortho intramolecular Hbond substituents is 3. The monoisotopic (exact) mass is 589 g/mol. The van der Waals surface area contributed by atoms with E-state index in [0.717, 1.165) is 6.42 Å². The van der Waals surface area contributed by atoms with Gasteiger partial charge >= 0.3 is 0 Å². The molecule has 0 saturated heterocycles. The molecule has 0 spiro atoms. The number of aliphatic hydroxyl groups excluding tert-OH is 1. The molecule has 0 aliphatic rings. The summed E-state index contributed by atoms with van der Waals surface area (Å²) in [5.41, 5.74) is 17.4. The molecule has 0 radical (unpaired) electrons. The number of ether oxygens (including phenoxy) is 2. The fourth-order valence-corrected chi connectivity index (χ4v) is 2.74. The zero-order valence-electron chi connectivity index (χ0n) is 23.1. The summed E-state index contributed by atoms with van der Waals surface area (Å²) in [5.74, 6) is 0.639. The van der Waals surface area contributed by atoms with Crippen LogP contribution in [0.4, 0.5) is 17.1 Å². The van der Waals surface area contributed by atoms with E-state index in [-0.39, 0.29) is 51.0 Å².